The molecule has 0 aliphatic carbocycles. The summed E-state index contributed by atoms with van der Waals surface area (Å²) < 4.78 is 3.21. The molecule has 1 atom stereocenters. The standard InChI is InChI=1S/C23H22ClN5OS2/c1-2-28-21(15-9-11-16(24)12-10-15)26-27-23(28)31-14-20(30)29-13-5-7-18(29)22-25-17-6-3-4-8-19(17)32-22/h3-4,6,8-12,18H,2,5,7,13-14H2,1H3/t18-/m0/s1. The Morgan fingerprint density at radius 2 is 2.00 bits per heavy atom. The monoisotopic (exact) mass is 483 g/mol. The van der Waals surface area contributed by atoms with E-state index in [0.717, 1.165) is 53.0 Å². The molecule has 0 N–H and O–H groups in total. The number of rotatable bonds is 6. The quantitative estimate of drug-likeness (QED) is 0.330. The van der Waals surface area contributed by atoms with Crippen LogP contribution in [0.25, 0.3) is 21.6 Å². The highest BCUT2D eigenvalue weighted by atomic mass is 35.5. The summed E-state index contributed by atoms with van der Waals surface area (Å²) in [5, 5.41) is 11.2. The summed E-state index contributed by atoms with van der Waals surface area (Å²) in [4.78, 5) is 19.9. The van der Waals surface area contributed by atoms with Crippen molar-refractivity contribution in [1.29, 1.82) is 0 Å². The molecule has 4 aromatic rings. The molecule has 0 radical (unpaired) electrons. The Labute approximate surface area is 199 Å². The number of fused-ring (bicyclic) bond motifs is 1. The molecular formula is C23H22ClN5OS2. The maximum absolute atomic E-state index is 13.1. The van der Waals surface area contributed by atoms with E-state index in [1.807, 2.05) is 51.9 Å². The first-order valence-electron chi connectivity index (χ1n) is 10.6. The zero-order valence-electron chi connectivity index (χ0n) is 17.6. The van der Waals surface area contributed by atoms with Crippen molar-refractivity contribution in [2.75, 3.05) is 12.3 Å². The summed E-state index contributed by atoms with van der Waals surface area (Å²) >= 11 is 9.14. The van der Waals surface area contributed by atoms with Crippen LogP contribution in [0.1, 0.15) is 30.8 Å². The molecule has 1 amide bonds. The van der Waals surface area contributed by atoms with Gasteiger partial charge in [-0.15, -0.1) is 21.5 Å². The van der Waals surface area contributed by atoms with Crippen LogP contribution < -0.4 is 0 Å². The molecule has 0 unspecified atom stereocenters. The number of halogens is 1. The van der Waals surface area contributed by atoms with Crippen LogP contribution in [-0.4, -0.2) is 42.9 Å². The van der Waals surface area contributed by atoms with Gasteiger partial charge in [0, 0.05) is 23.7 Å². The van der Waals surface area contributed by atoms with Gasteiger partial charge in [-0.25, -0.2) is 4.98 Å². The topological polar surface area (TPSA) is 63.9 Å². The molecule has 1 aliphatic rings. The maximum atomic E-state index is 13.1. The number of hydrogen-bond donors (Lipinski definition) is 0. The van der Waals surface area contributed by atoms with Crippen molar-refractivity contribution >= 4 is 50.8 Å². The van der Waals surface area contributed by atoms with E-state index in [1.54, 1.807) is 11.3 Å². The van der Waals surface area contributed by atoms with Crippen molar-refractivity contribution in [2.45, 2.75) is 37.5 Å². The lowest BCUT2D eigenvalue weighted by atomic mass is 10.2. The van der Waals surface area contributed by atoms with E-state index in [1.165, 1.54) is 16.5 Å². The molecule has 1 saturated heterocycles. The average Bonchev–Trinajstić information content (AvgIpc) is 3.55. The molecule has 1 fully saturated rings. The third-order valence-corrected chi connectivity index (χ3v) is 7.97. The second-order valence-corrected chi connectivity index (χ2v) is 10.1. The minimum absolute atomic E-state index is 0.0640. The van der Waals surface area contributed by atoms with Gasteiger partial charge in [-0.05, 0) is 56.2 Å². The van der Waals surface area contributed by atoms with Crippen molar-refractivity contribution in [3.05, 3.63) is 58.6 Å². The van der Waals surface area contributed by atoms with Gasteiger partial charge in [0.1, 0.15) is 5.01 Å². The van der Waals surface area contributed by atoms with Crippen molar-refractivity contribution in [2.24, 2.45) is 0 Å². The molecule has 0 saturated carbocycles. The Balaban J connectivity index is 1.30. The lowest BCUT2D eigenvalue weighted by Gasteiger charge is -2.22. The minimum atomic E-state index is 0.0640. The molecule has 32 heavy (non-hydrogen) atoms. The van der Waals surface area contributed by atoms with Gasteiger partial charge in [-0.3, -0.25) is 4.79 Å². The number of thiazole rings is 1. The molecule has 1 aliphatic heterocycles. The molecule has 164 valence electrons. The van der Waals surface area contributed by atoms with Gasteiger partial charge in [-0.2, -0.15) is 0 Å². The van der Waals surface area contributed by atoms with Crippen LogP contribution in [-0.2, 0) is 11.3 Å². The predicted molar refractivity (Wildman–Crippen MR) is 130 cm³/mol. The molecule has 2 aromatic heterocycles. The Kier molecular flexibility index (Phi) is 6.17. The second-order valence-electron chi connectivity index (χ2n) is 7.61. The van der Waals surface area contributed by atoms with E-state index in [9.17, 15) is 4.79 Å². The zero-order valence-corrected chi connectivity index (χ0v) is 20.0. The van der Waals surface area contributed by atoms with E-state index in [0.29, 0.717) is 10.8 Å². The molecular weight excluding hydrogens is 462 g/mol. The Morgan fingerprint density at radius 3 is 2.78 bits per heavy atom. The van der Waals surface area contributed by atoms with Crippen LogP contribution >= 0.6 is 34.7 Å². The summed E-state index contributed by atoms with van der Waals surface area (Å²) in [6.45, 7) is 3.55. The minimum Gasteiger partial charge on any atom is -0.332 e. The molecule has 0 spiro atoms. The van der Waals surface area contributed by atoms with Crippen molar-refractivity contribution < 1.29 is 4.79 Å². The fraction of sp³-hybridized carbons (Fsp3) is 0.304. The first-order valence-corrected chi connectivity index (χ1v) is 12.8. The van der Waals surface area contributed by atoms with Gasteiger partial charge in [-0.1, -0.05) is 35.5 Å². The average molecular weight is 484 g/mol. The highest BCUT2D eigenvalue weighted by Crippen LogP contribution is 2.37. The molecule has 2 aromatic carbocycles. The van der Waals surface area contributed by atoms with Gasteiger partial charge in [0.15, 0.2) is 11.0 Å². The SMILES string of the molecule is CCn1c(SCC(=O)N2CCC[C@H]2c2nc3ccccc3s2)nnc1-c1ccc(Cl)cc1. The fourth-order valence-corrected chi connectivity index (χ4v) is 6.19. The van der Waals surface area contributed by atoms with Crippen LogP contribution in [0.15, 0.2) is 53.7 Å². The normalized spacial score (nSPS) is 16.2. The predicted octanol–water partition coefficient (Wildman–Crippen LogP) is 5.68. The third kappa shape index (κ3) is 4.14. The number of carbonyl (C=O) groups excluding carboxylic acids is 1. The zero-order chi connectivity index (χ0) is 22.1. The van der Waals surface area contributed by atoms with Crippen molar-refractivity contribution in [3.63, 3.8) is 0 Å². The van der Waals surface area contributed by atoms with Crippen molar-refractivity contribution in [1.82, 2.24) is 24.6 Å². The number of nitrogens with zero attached hydrogens (tertiary/aromatic N) is 5. The largest absolute Gasteiger partial charge is 0.332 e. The fourth-order valence-electron chi connectivity index (χ4n) is 4.06. The molecule has 0 bridgehead atoms. The van der Waals surface area contributed by atoms with Crippen LogP contribution in [0.2, 0.25) is 5.02 Å². The summed E-state index contributed by atoms with van der Waals surface area (Å²) in [6, 6.07) is 15.8. The van der Waals surface area contributed by atoms with Gasteiger partial charge in [0.2, 0.25) is 5.91 Å². The number of para-hydroxylation sites is 1. The Hall–Kier alpha value is -2.42. The van der Waals surface area contributed by atoms with E-state index in [2.05, 4.69) is 23.2 Å². The van der Waals surface area contributed by atoms with Gasteiger partial charge >= 0.3 is 0 Å². The third-order valence-electron chi connectivity index (χ3n) is 5.63. The first-order chi connectivity index (χ1) is 15.6. The molecule has 9 heteroatoms. The van der Waals surface area contributed by atoms with E-state index >= 15 is 0 Å². The van der Waals surface area contributed by atoms with Crippen molar-refractivity contribution in [3.8, 4) is 11.4 Å². The lowest BCUT2D eigenvalue weighted by Crippen LogP contribution is -2.32. The first kappa shape index (κ1) is 21.4. The Bertz CT molecular complexity index is 1220. The number of aromatic nitrogens is 4. The Morgan fingerprint density at radius 1 is 1.19 bits per heavy atom. The van der Waals surface area contributed by atoms with E-state index in [-0.39, 0.29) is 11.9 Å². The number of thioether (sulfide) groups is 1. The lowest BCUT2D eigenvalue weighted by molar-refractivity contribution is -0.129. The maximum Gasteiger partial charge on any atom is 0.233 e. The summed E-state index contributed by atoms with van der Waals surface area (Å²) in [6.07, 6.45) is 1.96. The van der Waals surface area contributed by atoms with Gasteiger partial charge in [0.25, 0.3) is 0 Å². The number of hydrogen-bond acceptors (Lipinski definition) is 6. The van der Waals surface area contributed by atoms with E-state index < -0.39 is 0 Å². The smallest absolute Gasteiger partial charge is 0.233 e. The molecule has 5 rings (SSSR count). The van der Waals surface area contributed by atoms with Gasteiger partial charge in [0.05, 0.1) is 22.0 Å². The van der Waals surface area contributed by atoms with Crippen LogP contribution in [0.4, 0.5) is 0 Å². The summed E-state index contributed by atoms with van der Waals surface area (Å²) in [5.74, 6) is 1.24. The summed E-state index contributed by atoms with van der Waals surface area (Å²) in [5.41, 5.74) is 1.96. The molecule has 6 nitrogen and oxygen atoms in total. The highest BCUT2D eigenvalue weighted by molar-refractivity contribution is 7.99. The van der Waals surface area contributed by atoms with Gasteiger partial charge < -0.3 is 9.47 Å². The van der Waals surface area contributed by atoms with Crippen LogP contribution in [0, 0.1) is 0 Å². The molecule has 3 heterocycles. The summed E-state index contributed by atoms with van der Waals surface area (Å²) in [7, 11) is 0. The number of carbonyl (C=O) groups is 1. The highest BCUT2D eigenvalue weighted by Gasteiger charge is 2.32. The van der Waals surface area contributed by atoms with Crippen LogP contribution in [0.3, 0.4) is 0 Å². The number of benzene rings is 2. The number of likely N-dealkylation sites (tertiary alicyclic amines) is 1. The van der Waals surface area contributed by atoms with Crippen LogP contribution in [0.5, 0.6) is 0 Å². The van der Waals surface area contributed by atoms with E-state index in [4.69, 9.17) is 16.6 Å². The second kappa shape index (κ2) is 9.21. The number of amides is 1.